The van der Waals surface area contributed by atoms with Crippen molar-refractivity contribution in [2.75, 3.05) is 9.80 Å². The van der Waals surface area contributed by atoms with Crippen LogP contribution in [0.25, 0.3) is 56.3 Å². The van der Waals surface area contributed by atoms with Crippen molar-refractivity contribution in [3.8, 4) is 33.4 Å². The molecule has 84 heavy (non-hydrogen) atoms. The third-order valence-electron chi connectivity index (χ3n) is 17.8. The zero-order valence-corrected chi connectivity index (χ0v) is 46.5. The Hall–Kier alpha value is -10.8. The lowest BCUT2D eigenvalue weighted by Gasteiger charge is -2.35. The van der Waals surface area contributed by atoms with E-state index in [1.807, 2.05) is 12.2 Å². The van der Waals surface area contributed by atoms with Gasteiger partial charge in [-0.15, -0.1) is 0 Å². The summed E-state index contributed by atoms with van der Waals surface area (Å²) in [7, 11) is 0. The molecule has 2 atom stereocenters. The number of hydrogen-bond donors (Lipinski definition) is 0. The fourth-order valence-corrected chi connectivity index (χ4v) is 14.1. The second-order valence-electron chi connectivity index (χ2n) is 22.0. The van der Waals surface area contributed by atoms with Crippen LogP contribution >= 0.6 is 0 Å². The SMILES string of the molecule is C=Cc1ccc(C2(c3ccccc3)c3ccccc3-c3ccc(N(c4ccccc4)c4ccc(-c5ccc(N(c6ccccc6)c6ccc7c(c6)C(c6ccccc6)(c6ccc(C=C)cc6)c6ccccc6-7)c6ccccc56)cc4)cc32)cc1. The summed E-state index contributed by atoms with van der Waals surface area (Å²) in [6, 6.07) is 116. The van der Waals surface area contributed by atoms with Crippen molar-refractivity contribution in [1.29, 1.82) is 0 Å². The maximum absolute atomic E-state index is 4.10. The van der Waals surface area contributed by atoms with Crippen molar-refractivity contribution >= 4 is 57.0 Å². The molecule has 396 valence electrons. The number of fused-ring (bicyclic) bond motifs is 7. The van der Waals surface area contributed by atoms with Crippen molar-refractivity contribution < 1.29 is 0 Å². The molecule has 13 aromatic carbocycles. The molecule has 0 spiro atoms. The van der Waals surface area contributed by atoms with Gasteiger partial charge in [0.1, 0.15) is 0 Å². The molecular weight excluding hydrogens is 1010 g/mol. The minimum Gasteiger partial charge on any atom is -0.310 e. The number of rotatable bonds is 13. The van der Waals surface area contributed by atoms with Crippen molar-refractivity contribution in [3.05, 3.63) is 384 Å². The van der Waals surface area contributed by atoms with E-state index in [1.165, 1.54) is 77.7 Å². The Morgan fingerprint density at radius 2 is 0.607 bits per heavy atom. The average Bonchev–Trinajstić information content (AvgIpc) is 1.69. The molecule has 0 bridgehead atoms. The lowest BCUT2D eigenvalue weighted by atomic mass is 9.67. The monoisotopic (exact) mass is 1070 g/mol. The van der Waals surface area contributed by atoms with Crippen LogP contribution in [-0.4, -0.2) is 0 Å². The number of nitrogens with zero attached hydrogens (tertiary/aromatic N) is 2. The molecular formula is C82H58N2. The van der Waals surface area contributed by atoms with E-state index < -0.39 is 10.8 Å². The van der Waals surface area contributed by atoms with Gasteiger partial charge >= 0.3 is 0 Å². The molecule has 2 heteroatoms. The zero-order valence-electron chi connectivity index (χ0n) is 46.5. The lowest BCUT2D eigenvalue weighted by molar-refractivity contribution is 0.768. The third-order valence-corrected chi connectivity index (χ3v) is 17.8. The summed E-state index contributed by atoms with van der Waals surface area (Å²) in [6.07, 6.45) is 3.84. The van der Waals surface area contributed by atoms with E-state index in [4.69, 9.17) is 0 Å². The second-order valence-corrected chi connectivity index (χ2v) is 22.0. The molecule has 15 rings (SSSR count). The van der Waals surface area contributed by atoms with E-state index in [1.54, 1.807) is 0 Å². The fourth-order valence-electron chi connectivity index (χ4n) is 14.1. The first-order valence-electron chi connectivity index (χ1n) is 29.0. The number of hydrogen-bond acceptors (Lipinski definition) is 2. The molecule has 0 radical (unpaired) electrons. The summed E-state index contributed by atoms with van der Waals surface area (Å²) in [4.78, 5) is 4.85. The van der Waals surface area contributed by atoms with Crippen LogP contribution in [0.3, 0.4) is 0 Å². The Kier molecular flexibility index (Phi) is 12.3. The Morgan fingerprint density at radius 1 is 0.250 bits per heavy atom. The lowest BCUT2D eigenvalue weighted by Crippen LogP contribution is -2.28. The van der Waals surface area contributed by atoms with Crippen molar-refractivity contribution in [2.24, 2.45) is 0 Å². The standard InChI is InChI=1S/C82H58N2/c1-3-57-37-43-62(44-38-57)81(60-23-9-5-10-24-60)76-35-21-19-32-71(76)73-51-49-67(55-78(73)81)83(64-27-13-7-14-28-64)66-47-41-59(42-48-66)69-53-54-80(75-34-18-17-31-70(69)75)84(65-29-15-8-16-30-65)68-50-52-74-72-33-20-22-36-77(72)82(79(74)56-68,61-25-11-6-12-26-61)63-45-39-58(4-2)40-46-63/h3-56H,1-2H2. The average molecular weight is 1070 g/mol. The van der Waals surface area contributed by atoms with Gasteiger partial charge < -0.3 is 9.80 Å². The van der Waals surface area contributed by atoms with Crippen molar-refractivity contribution in [2.45, 2.75) is 10.8 Å². The molecule has 2 aliphatic rings. The van der Waals surface area contributed by atoms with Crippen LogP contribution in [-0.2, 0) is 10.8 Å². The van der Waals surface area contributed by atoms with Crippen LogP contribution in [0.4, 0.5) is 34.1 Å². The van der Waals surface area contributed by atoms with Gasteiger partial charge in [0.25, 0.3) is 0 Å². The predicted molar refractivity (Wildman–Crippen MR) is 354 cm³/mol. The van der Waals surface area contributed by atoms with Gasteiger partial charge in [0.15, 0.2) is 0 Å². The fraction of sp³-hybridized carbons (Fsp3) is 0.0244. The molecule has 2 nitrogen and oxygen atoms in total. The smallest absolute Gasteiger partial charge is 0.0714 e. The highest BCUT2D eigenvalue weighted by molar-refractivity contribution is 6.07. The van der Waals surface area contributed by atoms with Crippen LogP contribution in [0.15, 0.2) is 329 Å². The molecule has 2 unspecified atom stereocenters. The molecule has 0 N–H and O–H groups in total. The first-order chi connectivity index (χ1) is 41.6. The van der Waals surface area contributed by atoms with Crippen molar-refractivity contribution in [1.82, 2.24) is 0 Å². The van der Waals surface area contributed by atoms with Gasteiger partial charge in [-0.3, -0.25) is 0 Å². The summed E-state index contributed by atoms with van der Waals surface area (Å²) in [5.74, 6) is 0. The Labute approximate surface area is 492 Å². The second kappa shape index (κ2) is 20.6. The van der Waals surface area contributed by atoms with Crippen LogP contribution in [0.1, 0.15) is 55.6 Å². The molecule has 0 heterocycles. The molecule has 0 aliphatic heterocycles. The van der Waals surface area contributed by atoms with E-state index in [0.29, 0.717) is 0 Å². The van der Waals surface area contributed by atoms with Gasteiger partial charge in [-0.25, -0.2) is 0 Å². The summed E-state index contributed by atoms with van der Waals surface area (Å²) in [6.45, 7) is 8.18. The van der Waals surface area contributed by atoms with Crippen molar-refractivity contribution in [3.63, 3.8) is 0 Å². The van der Waals surface area contributed by atoms with Gasteiger partial charge in [0.2, 0.25) is 0 Å². The van der Waals surface area contributed by atoms with Gasteiger partial charge in [0.05, 0.1) is 16.5 Å². The van der Waals surface area contributed by atoms with E-state index in [2.05, 4.69) is 338 Å². The first-order valence-corrected chi connectivity index (χ1v) is 29.0. The summed E-state index contributed by atoms with van der Waals surface area (Å²) >= 11 is 0. The van der Waals surface area contributed by atoms with Crippen LogP contribution in [0, 0.1) is 0 Å². The normalized spacial score (nSPS) is 15.3. The molecule has 13 aromatic rings. The first kappa shape index (κ1) is 50.2. The van der Waals surface area contributed by atoms with Crippen LogP contribution in [0.2, 0.25) is 0 Å². The van der Waals surface area contributed by atoms with Crippen LogP contribution < -0.4 is 9.80 Å². The Morgan fingerprint density at radius 3 is 1.10 bits per heavy atom. The molecule has 0 aromatic heterocycles. The van der Waals surface area contributed by atoms with Gasteiger partial charge in [-0.05, 0) is 161 Å². The van der Waals surface area contributed by atoms with Gasteiger partial charge in [-0.2, -0.15) is 0 Å². The molecule has 0 fully saturated rings. The number of anilines is 6. The van der Waals surface area contributed by atoms with Gasteiger partial charge in [0, 0.05) is 33.8 Å². The topological polar surface area (TPSA) is 6.48 Å². The highest BCUT2D eigenvalue weighted by Crippen LogP contribution is 2.59. The Bertz CT molecular complexity index is 4610. The zero-order chi connectivity index (χ0) is 56.2. The maximum atomic E-state index is 4.10. The van der Waals surface area contributed by atoms with E-state index in [-0.39, 0.29) is 0 Å². The molecule has 0 amide bonds. The predicted octanol–water partition coefficient (Wildman–Crippen LogP) is 21.5. The van der Waals surface area contributed by atoms with E-state index >= 15 is 0 Å². The Balaban J connectivity index is 0.856. The quantitative estimate of drug-likeness (QED) is 0.114. The van der Waals surface area contributed by atoms with Gasteiger partial charge in [-0.1, -0.05) is 274 Å². The number of para-hydroxylation sites is 2. The molecule has 0 saturated heterocycles. The maximum Gasteiger partial charge on any atom is 0.0714 e. The third kappa shape index (κ3) is 7.87. The summed E-state index contributed by atoms with van der Waals surface area (Å²) in [5, 5.41) is 2.33. The largest absolute Gasteiger partial charge is 0.310 e. The minimum atomic E-state index is -0.572. The summed E-state index contributed by atoms with van der Waals surface area (Å²) < 4.78 is 0. The number of benzene rings is 13. The highest BCUT2D eigenvalue weighted by atomic mass is 15.1. The minimum absolute atomic E-state index is 0.560. The van der Waals surface area contributed by atoms with Crippen LogP contribution in [0.5, 0.6) is 0 Å². The molecule has 2 aliphatic carbocycles. The highest BCUT2D eigenvalue weighted by Gasteiger charge is 2.48. The van der Waals surface area contributed by atoms with E-state index in [9.17, 15) is 0 Å². The summed E-state index contributed by atoms with van der Waals surface area (Å²) in [5.41, 5.74) is 24.8. The molecule has 0 saturated carbocycles. The van der Waals surface area contributed by atoms with E-state index in [0.717, 1.165) is 56.2 Å².